The lowest BCUT2D eigenvalue weighted by Crippen LogP contribution is -2.44. The lowest BCUT2D eigenvalue weighted by Gasteiger charge is -2.22. The Kier molecular flexibility index (Phi) is 6.20. The number of rotatable bonds is 7. The van der Waals surface area contributed by atoms with E-state index in [0.717, 1.165) is 46.5 Å². The van der Waals surface area contributed by atoms with E-state index in [1.54, 1.807) is 12.4 Å². The van der Waals surface area contributed by atoms with Crippen LogP contribution in [-0.4, -0.2) is 51.7 Å². The van der Waals surface area contributed by atoms with E-state index in [-0.39, 0.29) is 25.1 Å². The van der Waals surface area contributed by atoms with Crippen molar-refractivity contribution in [2.24, 2.45) is 0 Å². The average Bonchev–Trinajstić information content (AvgIpc) is 3.41. The summed E-state index contributed by atoms with van der Waals surface area (Å²) < 4.78 is 0. The molecule has 1 amide bonds. The summed E-state index contributed by atoms with van der Waals surface area (Å²) in [6.07, 6.45) is 5.29. The van der Waals surface area contributed by atoms with Gasteiger partial charge in [-0.3, -0.25) is 4.79 Å². The third-order valence-corrected chi connectivity index (χ3v) is 5.94. The SMILES string of the molecule is Cc1ccnc(Nc2cccc(-c3cnc(N4CCC[C@H]4C(=O)NCCO)s3)n2)c1. The zero-order valence-electron chi connectivity index (χ0n) is 16.7. The summed E-state index contributed by atoms with van der Waals surface area (Å²) in [5.74, 6) is 1.40. The summed E-state index contributed by atoms with van der Waals surface area (Å²) in [4.78, 5) is 28.9. The van der Waals surface area contributed by atoms with Crippen molar-refractivity contribution in [1.82, 2.24) is 20.3 Å². The van der Waals surface area contributed by atoms with Crippen LogP contribution in [0.2, 0.25) is 0 Å². The van der Waals surface area contributed by atoms with Crippen molar-refractivity contribution >= 4 is 34.0 Å². The summed E-state index contributed by atoms with van der Waals surface area (Å²) in [5, 5.41) is 15.8. The van der Waals surface area contributed by atoms with Crippen molar-refractivity contribution < 1.29 is 9.90 Å². The molecule has 0 aliphatic carbocycles. The first-order valence-electron chi connectivity index (χ1n) is 9.92. The number of hydrogen-bond donors (Lipinski definition) is 3. The number of amides is 1. The number of aryl methyl sites for hydroxylation is 1. The standard InChI is InChI=1S/C21H24N6O2S/c1-14-7-8-22-19(12-14)26-18-6-2-4-15(25-18)17-13-24-21(30-17)27-10-3-5-16(27)20(29)23-9-11-28/h2,4,6-8,12-13,16,28H,3,5,9-11H2,1H3,(H,23,29)(H,22,25,26)/t16-/m0/s1. The number of aromatic nitrogens is 3. The zero-order valence-corrected chi connectivity index (χ0v) is 17.5. The Labute approximate surface area is 179 Å². The van der Waals surface area contributed by atoms with Crippen LogP contribution < -0.4 is 15.5 Å². The van der Waals surface area contributed by atoms with Crippen molar-refractivity contribution in [3.63, 3.8) is 0 Å². The van der Waals surface area contributed by atoms with Crippen LogP contribution in [0.3, 0.4) is 0 Å². The van der Waals surface area contributed by atoms with Gasteiger partial charge in [0, 0.05) is 25.5 Å². The second-order valence-electron chi connectivity index (χ2n) is 7.12. The molecule has 1 atom stereocenters. The summed E-state index contributed by atoms with van der Waals surface area (Å²) in [6.45, 7) is 3.02. The summed E-state index contributed by atoms with van der Waals surface area (Å²) in [5.41, 5.74) is 1.94. The van der Waals surface area contributed by atoms with E-state index in [9.17, 15) is 4.79 Å². The maximum absolute atomic E-state index is 12.4. The largest absolute Gasteiger partial charge is 0.395 e. The number of aliphatic hydroxyl groups excluding tert-OH is 1. The highest BCUT2D eigenvalue weighted by atomic mass is 32.1. The van der Waals surface area contributed by atoms with Crippen LogP contribution in [0.15, 0.2) is 42.7 Å². The number of nitrogens with zero attached hydrogens (tertiary/aromatic N) is 4. The average molecular weight is 425 g/mol. The van der Waals surface area contributed by atoms with Gasteiger partial charge in [0.2, 0.25) is 5.91 Å². The minimum atomic E-state index is -0.246. The highest BCUT2D eigenvalue weighted by Crippen LogP contribution is 2.34. The Morgan fingerprint density at radius 3 is 3.03 bits per heavy atom. The van der Waals surface area contributed by atoms with Crippen LogP contribution in [0.1, 0.15) is 18.4 Å². The van der Waals surface area contributed by atoms with Crippen LogP contribution in [-0.2, 0) is 4.79 Å². The molecule has 1 saturated heterocycles. The Hall–Kier alpha value is -3.04. The predicted molar refractivity (Wildman–Crippen MR) is 118 cm³/mol. The monoisotopic (exact) mass is 424 g/mol. The Morgan fingerprint density at radius 2 is 2.20 bits per heavy atom. The molecule has 4 heterocycles. The van der Waals surface area contributed by atoms with E-state index in [4.69, 9.17) is 10.1 Å². The van der Waals surface area contributed by atoms with Gasteiger partial charge in [0.1, 0.15) is 17.7 Å². The van der Waals surface area contributed by atoms with E-state index < -0.39 is 0 Å². The van der Waals surface area contributed by atoms with Crippen LogP contribution in [0, 0.1) is 6.92 Å². The number of carbonyl (C=O) groups excluding carboxylic acids is 1. The third kappa shape index (κ3) is 4.58. The number of anilines is 3. The molecule has 9 heteroatoms. The quantitative estimate of drug-likeness (QED) is 0.536. The number of nitrogens with one attached hydrogen (secondary N) is 2. The second kappa shape index (κ2) is 9.19. The van der Waals surface area contributed by atoms with Crippen LogP contribution in [0.25, 0.3) is 10.6 Å². The van der Waals surface area contributed by atoms with Gasteiger partial charge in [-0.05, 0) is 49.6 Å². The van der Waals surface area contributed by atoms with Gasteiger partial charge in [0.25, 0.3) is 0 Å². The molecule has 156 valence electrons. The molecule has 8 nitrogen and oxygen atoms in total. The lowest BCUT2D eigenvalue weighted by atomic mass is 10.2. The summed E-state index contributed by atoms with van der Waals surface area (Å²) >= 11 is 1.53. The van der Waals surface area contributed by atoms with Gasteiger partial charge in [-0.1, -0.05) is 17.4 Å². The Bertz CT molecular complexity index is 1020. The Balaban J connectivity index is 1.50. The molecule has 3 aromatic rings. The van der Waals surface area contributed by atoms with E-state index >= 15 is 0 Å². The van der Waals surface area contributed by atoms with Crippen molar-refractivity contribution in [3.05, 3.63) is 48.3 Å². The highest BCUT2D eigenvalue weighted by Gasteiger charge is 2.32. The van der Waals surface area contributed by atoms with Gasteiger partial charge >= 0.3 is 0 Å². The molecule has 0 aromatic carbocycles. The molecule has 30 heavy (non-hydrogen) atoms. The van der Waals surface area contributed by atoms with E-state index in [2.05, 4.69) is 20.6 Å². The minimum absolute atomic E-state index is 0.0615. The van der Waals surface area contributed by atoms with Gasteiger partial charge in [-0.2, -0.15) is 0 Å². The van der Waals surface area contributed by atoms with E-state index in [1.165, 1.54) is 11.3 Å². The summed E-state index contributed by atoms with van der Waals surface area (Å²) in [6, 6.07) is 9.46. The predicted octanol–water partition coefficient (Wildman–Crippen LogP) is 2.73. The maximum Gasteiger partial charge on any atom is 0.242 e. The zero-order chi connectivity index (χ0) is 20.9. The molecule has 3 N–H and O–H groups in total. The van der Waals surface area contributed by atoms with Crippen molar-refractivity contribution in [3.8, 4) is 10.6 Å². The Morgan fingerprint density at radius 1 is 1.30 bits per heavy atom. The molecule has 4 rings (SSSR count). The second-order valence-corrected chi connectivity index (χ2v) is 8.13. The molecular formula is C21H24N6O2S. The van der Waals surface area contributed by atoms with Crippen LogP contribution >= 0.6 is 11.3 Å². The first-order valence-corrected chi connectivity index (χ1v) is 10.7. The molecule has 1 aliphatic rings. The molecule has 0 saturated carbocycles. The van der Waals surface area contributed by atoms with Crippen molar-refractivity contribution in [1.29, 1.82) is 0 Å². The number of hydrogen-bond acceptors (Lipinski definition) is 8. The summed E-state index contributed by atoms with van der Waals surface area (Å²) in [7, 11) is 0. The fourth-order valence-electron chi connectivity index (χ4n) is 3.46. The van der Waals surface area contributed by atoms with E-state index in [1.807, 2.05) is 42.2 Å². The van der Waals surface area contributed by atoms with Gasteiger partial charge < -0.3 is 20.6 Å². The molecule has 0 unspecified atom stereocenters. The van der Waals surface area contributed by atoms with Crippen molar-refractivity contribution in [2.45, 2.75) is 25.8 Å². The first kappa shape index (κ1) is 20.2. The van der Waals surface area contributed by atoms with Gasteiger partial charge in [-0.25, -0.2) is 15.0 Å². The van der Waals surface area contributed by atoms with Gasteiger partial charge in [-0.15, -0.1) is 0 Å². The normalized spacial score (nSPS) is 15.9. The van der Waals surface area contributed by atoms with Crippen LogP contribution in [0.4, 0.5) is 16.8 Å². The minimum Gasteiger partial charge on any atom is -0.395 e. The topological polar surface area (TPSA) is 103 Å². The highest BCUT2D eigenvalue weighted by molar-refractivity contribution is 7.18. The van der Waals surface area contributed by atoms with Gasteiger partial charge in [0.15, 0.2) is 5.13 Å². The molecule has 0 spiro atoms. The lowest BCUT2D eigenvalue weighted by molar-refractivity contribution is -0.122. The molecule has 0 bridgehead atoms. The number of carbonyl (C=O) groups is 1. The number of thiazole rings is 1. The molecular weight excluding hydrogens is 400 g/mol. The third-order valence-electron chi connectivity index (χ3n) is 4.88. The van der Waals surface area contributed by atoms with Gasteiger partial charge in [0.05, 0.1) is 17.2 Å². The van der Waals surface area contributed by atoms with Crippen LogP contribution in [0.5, 0.6) is 0 Å². The molecule has 0 radical (unpaired) electrons. The fraction of sp³-hybridized carbons (Fsp3) is 0.333. The smallest absolute Gasteiger partial charge is 0.242 e. The van der Waals surface area contributed by atoms with Crippen molar-refractivity contribution in [2.75, 3.05) is 29.9 Å². The van der Waals surface area contributed by atoms with E-state index in [0.29, 0.717) is 5.82 Å². The first-order chi connectivity index (χ1) is 14.6. The molecule has 1 fully saturated rings. The molecule has 3 aromatic heterocycles. The molecule has 1 aliphatic heterocycles. The number of aliphatic hydroxyl groups is 1. The maximum atomic E-state index is 12.4. The fourth-order valence-corrected chi connectivity index (χ4v) is 4.42. The number of pyridine rings is 2.